The predicted molar refractivity (Wildman–Crippen MR) is 54.9 cm³/mol. The van der Waals surface area contributed by atoms with Crippen LogP contribution in [0.15, 0.2) is 18.2 Å². The van der Waals surface area contributed by atoms with E-state index in [0.717, 1.165) is 5.56 Å². The van der Waals surface area contributed by atoms with E-state index in [1.165, 1.54) is 12.1 Å². The molecule has 0 aromatic heterocycles. The highest BCUT2D eigenvalue weighted by molar-refractivity contribution is 6.31. The summed E-state index contributed by atoms with van der Waals surface area (Å²) in [5.74, 6) is -0.340. The molecule has 2 nitrogen and oxygen atoms in total. The third kappa shape index (κ3) is 2.94. The molecule has 1 atom stereocenters. The summed E-state index contributed by atoms with van der Waals surface area (Å²) in [7, 11) is 0. The number of hydrogen-bond donors (Lipinski definition) is 2. The van der Waals surface area contributed by atoms with Gasteiger partial charge in [0.05, 0.1) is 6.61 Å². The van der Waals surface area contributed by atoms with Crippen molar-refractivity contribution in [1.29, 1.82) is 0 Å². The molecule has 14 heavy (non-hydrogen) atoms. The summed E-state index contributed by atoms with van der Waals surface area (Å²) in [5.41, 5.74) is 0.835. The van der Waals surface area contributed by atoms with E-state index in [-0.39, 0.29) is 18.5 Å². The number of benzene rings is 1. The largest absolute Gasteiger partial charge is 0.395 e. The van der Waals surface area contributed by atoms with Crippen LogP contribution in [0.3, 0.4) is 0 Å². The Morgan fingerprint density at radius 2 is 2.29 bits per heavy atom. The van der Waals surface area contributed by atoms with Crippen molar-refractivity contribution in [3.63, 3.8) is 0 Å². The van der Waals surface area contributed by atoms with E-state index < -0.39 is 0 Å². The smallest absolute Gasteiger partial charge is 0.124 e. The number of aliphatic hydroxyl groups is 1. The van der Waals surface area contributed by atoms with Gasteiger partial charge in [-0.25, -0.2) is 4.39 Å². The first-order valence-corrected chi connectivity index (χ1v) is 4.82. The van der Waals surface area contributed by atoms with E-state index >= 15 is 0 Å². The molecule has 1 rings (SSSR count). The molecule has 0 amide bonds. The standard InChI is InChI=1S/C10H13ClFNO/c1-7(13-4-5-14)9-3-2-8(12)6-10(9)11/h2-3,6-7,13-14H,4-5H2,1H3. The normalized spacial score (nSPS) is 12.9. The van der Waals surface area contributed by atoms with Crippen molar-refractivity contribution in [3.8, 4) is 0 Å². The third-order valence-electron chi connectivity index (χ3n) is 1.99. The van der Waals surface area contributed by atoms with Gasteiger partial charge in [0, 0.05) is 17.6 Å². The van der Waals surface area contributed by atoms with E-state index in [2.05, 4.69) is 5.32 Å². The number of hydrogen-bond acceptors (Lipinski definition) is 2. The van der Waals surface area contributed by atoms with Crippen molar-refractivity contribution in [1.82, 2.24) is 5.32 Å². The number of aliphatic hydroxyl groups excluding tert-OH is 1. The second-order valence-electron chi connectivity index (χ2n) is 3.07. The number of rotatable bonds is 4. The summed E-state index contributed by atoms with van der Waals surface area (Å²) in [6.07, 6.45) is 0. The first-order chi connectivity index (χ1) is 6.65. The lowest BCUT2D eigenvalue weighted by atomic mass is 10.1. The van der Waals surface area contributed by atoms with Gasteiger partial charge in [-0.3, -0.25) is 0 Å². The van der Waals surface area contributed by atoms with E-state index in [4.69, 9.17) is 16.7 Å². The quantitative estimate of drug-likeness (QED) is 0.810. The van der Waals surface area contributed by atoms with Gasteiger partial charge in [-0.1, -0.05) is 17.7 Å². The fourth-order valence-electron chi connectivity index (χ4n) is 1.24. The molecule has 0 aliphatic heterocycles. The molecule has 1 aromatic carbocycles. The molecule has 1 aromatic rings. The van der Waals surface area contributed by atoms with Gasteiger partial charge in [0.2, 0.25) is 0 Å². The molecule has 2 N–H and O–H groups in total. The summed E-state index contributed by atoms with van der Waals surface area (Å²) >= 11 is 5.86. The topological polar surface area (TPSA) is 32.3 Å². The maximum Gasteiger partial charge on any atom is 0.124 e. The summed E-state index contributed by atoms with van der Waals surface area (Å²) in [6.45, 7) is 2.48. The molecule has 0 aliphatic rings. The van der Waals surface area contributed by atoms with Gasteiger partial charge in [0.25, 0.3) is 0 Å². The lowest BCUT2D eigenvalue weighted by molar-refractivity contribution is 0.286. The van der Waals surface area contributed by atoms with Crippen LogP contribution < -0.4 is 5.32 Å². The molecule has 78 valence electrons. The molecule has 0 bridgehead atoms. The van der Waals surface area contributed by atoms with Crippen LogP contribution in [-0.4, -0.2) is 18.3 Å². The average Bonchev–Trinajstić information content (AvgIpc) is 2.14. The Bertz CT molecular complexity index is 306. The van der Waals surface area contributed by atoms with Gasteiger partial charge in [-0.05, 0) is 24.6 Å². The molecule has 1 unspecified atom stereocenters. The minimum atomic E-state index is -0.340. The summed E-state index contributed by atoms with van der Waals surface area (Å²) in [5, 5.41) is 12.1. The van der Waals surface area contributed by atoms with Gasteiger partial charge < -0.3 is 10.4 Å². The summed E-state index contributed by atoms with van der Waals surface area (Å²) < 4.78 is 12.7. The minimum Gasteiger partial charge on any atom is -0.395 e. The fourth-order valence-corrected chi connectivity index (χ4v) is 1.57. The van der Waals surface area contributed by atoms with Crippen LogP contribution in [0.4, 0.5) is 4.39 Å². The molecular weight excluding hydrogens is 205 g/mol. The van der Waals surface area contributed by atoms with E-state index in [0.29, 0.717) is 11.6 Å². The molecule has 0 aliphatic carbocycles. The first kappa shape index (κ1) is 11.4. The Labute approximate surface area is 87.7 Å². The Morgan fingerprint density at radius 1 is 1.57 bits per heavy atom. The Morgan fingerprint density at radius 3 is 2.86 bits per heavy atom. The van der Waals surface area contributed by atoms with Crippen molar-refractivity contribution in [2.45, 2.75) is 13.0 Å². The second kappa shape index (κ2) is 5.29. The van der Waals surface area contributed by atoms with Crippen molar-refractivity contribution in [2.24, 2.45) is 0 Å². The van der Waals surface area contributed by atoms with Crippen LogP contribution in [0.1, 0.15) is 18.5 Å². The fraction of sp³-hybridized carbons (Fsp3) is 0.400. The lowest BCUT2D eigenvalue weighted by Gasteiger charge is -2.14. The zero-order valence-corrected chi connectivity index (χ0v) is 8.68. The zero-order chi connectivity index (χ0) is 10.6. The average molecular weight is 218 g/mol. The van der Waals surface area contributed by atoms with E-state index in [9.17, 15) is 4.39 Å². The van der Waals surface area contributed by atoms with Crippen LogP contribution in [0.25, 0.3) is 0 Å². The Kier molecular flexibility index (Phi) is 4.32. The molecule has 0 saturated heterocycles. The Hall–Kier alpha value is -0.640. The van der Waals surface area contributed by atoms with Gasteiger partial charge >= 0.3 is 0 Å². The molecule has 0 fully saturated rings. The van der Waals surface area contributed by atoms with Crippen LogP contribution in [0.2, 0.25) is 5.02 Å². The van der Waals surface area contributed by atoms with Crippen molar-refractivity contribution in [2.75, 3.05) is 13.2 Å². The zero-order valence-electron chi connectivity index (χ0n) is 7.93. The second-order valence-corrected chi connectivity index (χ2v) is 3.47. The predicted octanol–water partition coefficient (Wildman–Crippen LogP) is 2.12. The molecule has 4 heteroatoms. The first-order valence-electron chi connectivity index (χ1n) is 4.44. The number of nitrogens with one attached hydrogen (secondary N) is 1. The van der Waals surface area contributed by atoms with E-state index in [1.807, 2.05) is 6.92 Å². The molecule has 0 radical (unpaired) electrons. The SMILES string of the molecule is CC(NCCO)c1ccc(F)cc1Cl. The van der Waals surface area contributed by atoms with Crippen molar-refractivity contribution in [3.05, 3.63) is 34.6 Å². The monoisotopic (exact) mass is 217 g/mol. The van der Waals surface area contributed by atoms with Crippen LogP contribution >= 0.6 is 11.6 Å². The maximum atomic E-state index is 12.7. The third-order valence-corrected chi connectivity index (χ3v) is 2.32. The summed E-state index contributed by atoms with van der Waals surface area (Å²) in [4.78, 5) is 0. The molecular formula is C10H13ClFNO. The molecule has 0 saturated carbocycles. The molecule has 0 heterocycles. The maximum absolute atomic E-state index is 12.7. The highest BCUT2D eigenvalue weighted by Gasteiger charge is 2.08. The van der Waals surface area contributed by atoms with Gasteiger partial charge in [0.1, 0.15) is 5.82 Å². The van der Waals surface area contributed by atoms with Gasteiger partial charge in [-0.2, -0.15) is 0 Å². The highest BCUT2D eigenvalue weighted by atomic mass is 35.5. The number of halogens is 2. The van der Waals surface area contributed by atoms with Crippen LogP contribution in [-0.2, 0) is 0 Å². The lowest BCUT2D eigenvalue weighted by Crippen LogP contribution is -2.22. The van der Waals surface area contributed by atoms with Gasteiger partial charge in [0.15, 0.2) is 0 Å². The Balaban J connectivity index is 2.74. The summed E-state index contributed by atoms with van der Waals surface area (Å²) in [6, 6.07) is 4.31. The van der Waals surface area contributed by atoms with Crippen molar-refractivity contribution < 1.29 is 9.50 Å². The van der Waals surface area contributed by atoms with Crippen LogP contribution in [0.5, 0.6) is 0 Å². The molecule has 0 spiro atoms. The van der Waals surface area contributed by atoms with E-state index in [1.54, 1.807) is 6.07 Å². The van der Waals surface area contributed by atoms with Gasteiger partial charge in [-0.15, -0.1) is 0 Å². The van der Waals surface area contributed by atoms with Crippen molar-refractivity contribution >= 4 is 11.6 Å². The minimum absolute atomic E-state index is 0.00949. The van der Waals surface area contributed by atoms with Crippen LogP contribution in [0, 0.1) is 5.82 Å². The highest BCUT2D eigenvalue weighted by Crippen LogP contribution is 2.23.